The summed E-state index contributed by atoms with van der Waals surface area (Å²) in [7, 11) is 1.53. The van der Waals surface area contributed by atoms with Crippen LogP contribution in [0.1, 0.15) is 55.9 Å². The van der Waals surface area contributed by atoms with Gasteiger partial charge in [-0.15, -0.1) is 0 Å². The second-order valence-electron chi connectivity index (χ2n) is 9.70. The molecule has 0 saturated carbocycles. The van der Waals surface area contributed by atoms with Crippen LogP contribution in [0.2, 0.25) is 0 Å². The van der Waals surface area contributed by atoms with Crippen LogP contribution in [0.5, 0.6) is 5.75 Å². The van der Waals surface area contributed by atoms with Gasteiger partial charge in [0.2, 0.25) is 0 Å². The van der Waals surface area contributed by atoms with Gasteiger partial charge >= 0.3 is 5.97 Å². The molecule has 180 valence electrons. The molecule has 6 heteroatoms. The standard InChI is InChI=1S/C28H31F2NO3/c1-28(2,3)17-26-21(22-16-20(34-4)9-11-23(22)29)10-12-25(31-26)24(30)15-19-7-5-6-18(14-19)8-13-27(32)33/h5-7,9-12,14,16,24H,8,13,15,17H2,1-4H3,(H,32,33). The maximum atomic E-state index is 15.4. The van der Waals surface area contributed by atoms with Gasteiger partial charge in [-0.25, -0.2) is 8.78 Å². The molecule has 0 spiro atoms. The first kappa shape index (κ1) is 25.3. The fourth-order valence-electron chi connectivity index (χ4n) is 3.89. The van der Waals surface area contributed by atoms with Crippen molar-refractivity contribution in [3.8, 4) is 16.9 Å². The van der Waals surface area contributed by atoms with Gasteiger partial charge in [-0.1, -0.05) is 51.1 Å². The van der Waals surface area contributed by atoms with E-state index >= 15 is 4.39 Å². The fourth-order valence-corrected chi connectivity index (χ4v) is 3.89. The van der Waals surface area contributed by atoms with Crippen LogP contribution < -0.4 is 4.74 Å². The van der Waals surface area contributed by atoms with Gasteiger partial charge in [0.15, 0.2) is 0 Å². The molecule has 1 unspecified atom stereocenters. The number of rotatable bonds is 9. The summed E-state index contributed by atoms with van der Waals surface area (Å²) in [5, 5.41) is 8.90. The maximum absolute atomic E-state index is 15.4. The number of carboxylic acid groups (broad SMARTS) is 1. The average Bonchev–Trinajstić information content (AvgIpc) is 2.77. The number of aryl methyl sites for hydroxylation is 1. The molecule has 34 heavy (non-hydrogen) atoms. The normalized spacial score (nSPS) is 12.4. The Morgan fingerprint density at radius 2 is 1.79 bits per heavy atom. The molecule has 2 aromatic carbocycles. The average molecular weight is 468 g/mol. The van der Waals surface area contributed by atoms with E-state index in [0.717, 1.165) is 11.1 Å². The number of methoxy groups -OCH3 is 1. The Balaban J connectivity index is 1.92. The molecular weight excluding hydrogens is 436 g/mol. The quantitative estimate of drug-likeness (QED) is 0.378. The zero-order chi connectivity index (χ0) is 24.9. The SMILES string of the molecule is COc1ccc(F)c(-c2ccc(C(F)Cc3cccc(CCC(=O)O)c3)nc2CC(C)(C)C)c1. The highest BCUT2D eigenvalue weighted by atomic mass is 19.1. The molecular formula is C28H31F2NO3. The number of carboxylic acids is 1. The summed E-state index contributed by atoms with van der Waals surface area (Å²) in [5.74, 6) is -0.717. The molecule has 3 rings (SSSR count). The number of benzene rings is 2. The molecule has 0 aliphatic rings. The van der Waals surface area contributed by atoms with Crippen LogP contribution in [0.3, 0.4) is 0 Å². The van der Waals surface area contributed by atoms with Crippen molar-refractivity contribution in [3.05, 3.63) is 82.9 Å². The van der Waals surface area contributed by atoms with E-state index in [-0.39, 0.29) is 24.1 Å². The molecule has 3 aromatic rings. The van der Waals surface area contributed by atoms with Crippen LogP contribution >= 0.6 is 0 Å². The lowest BCUT2D eigenvalue weighted by atomic mass is 9.87. The summed E-state index contributed by atoms with van der Waals surface area (Å²) in [4.78, 5) is 15.5. The van der Waals surface area contributed by atoms with Crippen molar-refractivity contribution in [2.45, 2.75) is 52.6 Å². The zero-order valence-electron chi connectivity index (χ0n) is 20.1. The molecule has 0 aliphatic carbocycles. The summed E-state index contributed by atoms with van der Waals surface area (Å²) >= 11 is 0. The fraction of sp³-hybridized carbons (Fsp3) is 0.357. The van der Waals surface area contributed by atoms with Crippen LogP contribution in [-0.2, 0) is 24.1 Å². The molecule has 1 aromatic heterocycles. The van der Waals surface area contributed by atoms with Gasteiger partial charge in [-0.05, 0) is 53.6 Å². The number of halogens is 2. The van der Waals surface area contributed by atoms with E-state index in [1.165, 1.54) is 13.2 Å². The van der Waals surface area contributed by atoms with Crippen LogP contribution in [0.4, 0.5) is 8.78 Å². The predicted molar refractivity (Wildman–Crippen MR) is 129 cm³/mol. The van der Waals surface area contributed by atoms with Gasteiger partial charge in [0.25, 0.3) is 0 Å². The Morgan fingerprint density at radius 1 is 1.06 bits per heavy atom. The lowest BCUT2D eigenvalue weighted by Gasteiger charge is -2.21. The number of ether oxygens (including phenoxy) is 1. The molecule has 1 atom stereocenters. The highest BCUT2D eigenvalue weighted by Gasteiger charge is 2.21. The van der Waals surface area contributed by atoms with E-state index < -0.39 is 12.1 Å². The third kappa shape index (κ3) is 6.86. The second kappa shape index (κ2) is 10.8. The lowest BCUT2D eigenvalue weighted by Crippen LogP contribution is -2.13. The summed E-state index contributed by atoms with van der Waals surface area (Å²) in [6.07, 6.45) is -0.255. The van der Waals surface area contributed by atoms with Gasteiger partial charge in [0.05, 0.1) is 12.8 Å². The van der Waals surface area contributed by atoms with Gasteiger partial charge < -0.3 is 9.84 Å². The van der Waals surface area contributed by atoms with E-state index in [0.29, 0.717) is 41.1 Å². The molecule has 0 radical (unpaired) electrons. The van der Waals surface area contributed by atoms with Crippen LogP contribution in [-0.4, -0.2) is 23.2 Å². The maximum Gasteiger partial charge on any atom is 0.303 e. The molecule has 0 saturated heterocycles. The summed E-state index contributed by atoms with van der Waals surface area (Å²) in [5.41, 5.74) is 3.42. The topological polar surface area (TPSA) is 59.4 Å². The molecule has 0 amide bonds. The molecule has 0 fully saturated rings. The predicted octanol–water partition coefficient (Wildman–Crippen LogP) is 6.76. The van der Waals surface area contributed by atoms with Crippen molar-refractivity contribution in [2.75, 3.05) is 7.11 Å². The monoisotopic (exact) mass is 467 g/mol. The third-order valence-electron chi connectivity index (χ3n) is 5.51. The van der Waals surface area contributed by atoms with Crippen LogP contribution in [0.15, 0.2) is 54.6 Å². The Labute approximate surface area is 199 Å². The molecule has 0 bridgehead atoms. The van der Waals surface area contributed by atoms with E-state index in [2.05, 4.69) is 25.8 Å². The molecule has 4 nitrogen and oxygen atoms in total. The van der Waals surface area contributed by atoms with Crippen LogP contribution in [0, 0.1) is 11.2 Å². The Morgan fingerprint density at radius 3 is 2.47 bits per heavy atom. The number of pyridine rings is 1. The van der Waals surface area contributed by atoms with Crippen molar-refractivity contribution < 1.29 is 23.4 Å². The van der Waals surface area contributed by atoms with E-state index in [4.69, 9.17) is 9.84 Å². The Bertz CT molecular complexity index is 1150. The summed E-state index contributed by atoms with van der Waals surface area (Å²) < 4.78 is 35.3. The number of carbonyl (C=O) groups is 1. The van der Waals surface area contributed by atoms with Crippen molar-refractivity contribution in [1.82, 2.24) is 4.98 Å². The highest BCUT2D eigenvalue weighted by molar-refractivity contribution is 5.68. The minimum absolute atomic E-state index is 0.0303. The van der Waals surface area contributed by atoms with Gasteiger partial charge in [0, 0.05) is 29.7 Å². The van der Waals surface area contributed by atoms with Crippen molar-refractivity contribution in [1.29, 1.82) is 0 Å². The summed E-state index contributed by atoms with van der Waals surface area (Å²) in [6, 6.07) is 15.2. The van der Waals surface area contributed by atoms with E-state index in [9.17, 15) is 9.18 Å². The smallest absolute Gasteiger partial charge is 0.303 e. The van der Waals surface area contributed by atoms with E-state index in [1.54, 1.807) is 24.3 Å². The number of aromatic nitrogens is 1. The van der Waals surface area contributed by atoms with Gasteiger partial charge in [0.1, 0.15) is 17.7 Å². The van der Waals surface area contributed by atoms with Gasteiger partial charge in [-0.2, -0.15) is 0 Å². The van der Waals surface area contributed by atoms with Crippen LogP contribution in [0.25, 0.3) is 11.1 Å². The first-order chi connectivity index (χ1) is 16.1. The summed E-state index contributed by atoms with van der Waals surface area (Å²) in [6.45, 7) is 6.17. The van der Waals surface area contributed by atoms with Crippen molar-refractivity contribution in [2.24, 2.45) is 5.41 Å². The van der Waals surface area contributed by atoms with E-state index in [1.807, 2.05) is 24.3 Å². The molecule has 1 N–H and O–H groups in total. The first-order valence-electron chi connectivity index (χ1n) is 11.3. The highest BCUT2D eigenvalue weighted by Crippen LogP contribution is 2.34. The number of hydrogen-bond donors (Lipinski definition) is 1. The number of aliphatic carboxylic acids is 1. The molecule has 0 aliphatic heterocycles. The Hall–Kier alpha value is -3.28. The van der Waals surface area contributed by atoms with Crippen molar-refractivity contribution in [3.63, 3.8) is 0 Å². The number of alkyl halides is 1. The first-order valence-corrected chi connectivity index (χ1v) is 11.3. The Kier molecular flexibility index (Phi) is 8.02. The van der Waals surface area contributed by atoms with Crippen molar-refractivity contribution >= 4 is 5.97 Å². The lowest BCUT2D eigenvalue weighted by molar-refractivity contribution is -0.136. The third-order valence-corrected chi connectivity index (χ3v) is 5.51. The minimum Gasteiger partial charge on any atom is -0.497 e. The molecule has 1 heterocycles. The number of hydrogen-bond acceptors (Lipinski definition) is 3. The largest absolute Gasteiger partial charge is 0.497 e. The number of nitrogens with zero attached hydrogens (tertiary/aromatic N) is 1. The second-order valence-corrected chi connectivity index (χ2v) is 9.70. The zero-order valence-corrected chi connectivity index (χ0v) is 20.1. The van der Waals surface area contributed by atoms with Gasteiger partial charge in [-0.3, -0.25) is 9.78 Å². The minimum atomic E-state index is -1.35.